The first-order chi connectivity index (χ1) is 7.36. The van der Waals surface area contributed by atoms with Crippen LogP contribution in [-0.4, -0.2) is 64.1 Å². The van der Waals surface area contributed by atoms with Gasteiger partial charge in [0.1, 0.15) is 0 Å². The third-order valence-corrected chi connectivity index (χ3v) is 2.83. The van der Waals surface area contributed by atoms with Gasteiger partial charge in [0.15, 0.2) is 0 Å². The normalized spacial score (nSPS) is 22.2. The molecule has 15 heavy (non-hydrogen) atoms. The molecule has 1 rings (SSSR count). The highest BCUT2D eigenvalue weighted by Crippen LogP contribution is 2.03. The van der Waals surface area contributed by atoms with Crippen LogP contribution in [0.1, 0.15) is 13.3 Å². The van der Waals surface area contributed by atoms with Crippen molar-refractivity contribution in [3.05, 3.63) is 0 Å². The summed E-state index contributed by atoms with van der Waals surface area (Å²) in [7, 11) is 1.75. The lowest BCUT2D eigenvalue weighted by molar-refractivity contribution is 0.0163. The predicted molar refractivity (Wildman–Crippen MR) is 61.2 cm³/mol. The number of hydrogen-bond acceptors (Lipinski definition) is 4. The lowest BCUT2D eigenvalue weighted by Crippen LogP contribution is -2.40. The van der Waals surface area contributed by atoms with Gasteiger partial charge in [-0.3, -0.25) is 0 Å². The average molecular weight is 216 g/mol. The first-order valence-electron chi connectivity index (χ1n) is 5.90. The Bertz CT molecular complexity index is 150. The first kappa shape index (κ1) is 12.9. The summed E-state index contributed by atoms with van der Waals surface area (Å²) in [5.41, 5.74) is 0. The van der Waals surface area contributed by atoms with Crippen molar-refractivity contribution < 1.29 is 9.47 Å². The first-order valence-corrected chi connectivity index (χ1v) is 5.90. The molecule has 1 atom stereocenters. The molecule has 0 amide bonds. The Morgan fingerprint density at radius 3 is 2.93 bits per heavy atom. The number of methoxy groups -OCH3 is 1. The van der Waals surface area contributed by atoms with Crippen molar-refractivity contribution in [1.29, 1.82) is 0 Å². The molecule has 0 aromatic rings. The Morgan fingerprint density at radius 2 is 2.33 bits per heavy atom. The van der Waals surface area contributed by atoms with E-state index in [1.807, 2.05) is 0 Å². The van der Waals surface area contributed by atoms with Crippen LogP contribution in [-0.2, 0) is 9.47 Å². The molecule has 0 aromatic heterocycles. The SMILES string of the molecule is CCN(CCOC)CCC1CNCCO1. The van der Waals surface area contributed by atoms with Crippen molar-refractivity contribution in [2.24, 2.45) is 0 Å². The Balaban J connectivity index is 2.09. The molecule has 1 saturated heterocycles. The maximum Gasteiger partial charge on any atom is 0.0712 e. The van der Waals surface area contributed by atoms with Crippen LogP contribution < -0.4 is 5.32 Å². The molecule has 1 fully saturated rings. The predicted octanol–water partition coefficient (Wildman–Crippen LogP) is 0.333. The van der Waals surface area contributed by atoms with Crippen LogP contribution in [0.5, 0.6) is 0 Å². The molecule has 0 aliphatic carbocycles. The maximum absolute atomic E-state index is 5.66. The molecule has 4 heteroatoms. The van der Waals surface area contributed by atoms with Gasteiger partial charge in [-0.15, -0.1) is 0 Å². The minimum atomic E-state index is 0.398. The summed E-state index contributed by atoms with van der Waals surface area (Å²) in [6, 6.07) is 0. The van der Waals surface area contributed by atoms with E-state index in [4.69, 9.17) is 9.47 Å². The number of rotatable bonds is 7. The van der Waals surface area contributed by atoms with Crippen LogP contribution in [0.3, 0.4) is 0 Å². The zero-order valence-electron chi connectivity index (χ0n) is 10.00. The van der Waals surface area contributed by atoms with E-state index >= 15 is 0 Å². The lowest BCUT2D eigenvalue weighted by Gasteiger charge is -2.27. The lowest BCUT2D eigenvalue weighted by atomic mass is 10.2. The van der Waals surface area contributed by atoms with Crippen molar-refractivity contribution in [3.63, 3.8) is 0 Å². The Hall–Kier alpha value is -0.160. The molecule has 0 radical (unpaired) electrons. The smallest absolute Gasteiger partial charge is 0.0712 e. The number of morpholine rings is 1. The van der Waals surface area contributed by atoms with Crippen LogP contribution in [0.4, 0.5) is 0 Å². The largest absolute Gasteiger partial charge is 0.383 e. The molecule has 1 unspecified atom stereocenters. The van der Waals surface area contributed by atoms with Crippen LogP contribution in [0.2, 0.25) is 0 Å². The van der Waals surface area contributed by atoms with E-state index in [1.165, 1.54) is 0 Å². The van der Waals surface area contributed by atoms with Gasteiger partial charge >= 0.3 is 0 Å². The maximum atomic E-state index is 5.66. The topological polar surface area (TPSA) is 33.7 Å². The van der Waals surface area contributed by atoms with Gasteiger partial charge in [0.2, 0.25) is 0 Å². The second-order valence-electron chi connectivity index (χ2n) is 3.91. The number of nitrogens with one attached hydrogen (secondary N) is 1. The average Bonchev–Trinajstić information content (AvgIpc) is 2.31. The summed E-state index contributed by atoms with van der Waals surface area (Å²) >= 11 is 0. The van der Waals surface area contributed by atoms with Crippen molar-refractivity contribution in [2.75, 3.05) is 53.0 Å². The number of ether oxygens (including phenoxy) is 2. The monoisotopic (exact) mass is 216 g/mol. The van der Waals surface area contributed by atoms with Crippen LogP contribution >= 0.6 is 0 Å². The molecular formula is C11H24N2O2. The van der Waals surface area contributed by atoms with Crippen molar-refractivity contribution in [1.82, 2.24) is 10.2 Å². The summed E-state index contributed by atoms with van der Waals surface area (Å²) < 4.78 is 10.7. The molecule has 0 saturated carbocycles. The molecule has 0 aromatic carbocycles. The molecular weight excluding hydrogens is 192 g/mol. The highest BCUT2D eigenvalue weighted by atomic mass is 16.5. The van der Waals surface area contributed by atoms with E-state index in [2.05, 4.69) is 17.1 Å². The third kappa shape index (κ3) is 5.47. The zero-order valence-corrected chi connectivity index (χ0v) is 10.00. The van der Waals surface area contributed by atoms with E-state index in [0.717, 1.165) is 52.4 Å². The molecule has 0 bridgehead atoms. The van der Waals surface area contributed by atoms with Gasteiger partial charge < -0.3 is 19.7 Å². The summed E-state index contributed by atoms with van der Waals surface area (Å²) in [6.45, 7) is 9.07. The molecule has 90 valence electrons. The van der Waals surface area contributed by atoms with E-state index in [0.29, 0.717) is 6.10 Å². The van der Waals surface area contributed by atoms with Gasteiger partial charge in [0, 0.05) is 33.3 Å². The van der Waals surface area contributed by atoms with E-state index in [1.54, 1.807) is 7.11 Å². The standard InChI is InChI=1S/C11H24N2O2/c1-3-13(7-9-14-2)6-4-11-10-12-5-8-15-11/h11-12H,3-10H2,1-2H3. The Morgan fingerprint density at radius 1 is 1.47 bits per heavy atom. The second kappa shape index (κ2) is 8.05. The summed E-state index contributed by atoms with van der Waals surface area (Å²) in [5, 5.41) is 3.35. The number of nitrogens with zero attached hydrogens (tertiary/aromatic N) is 1. The number of hydrogen-bond donors (Lipinski definition) is 1. The van der Waals surface area contributed by atoms with E-state index < -0.39 is 0 Å². The van der Waals surface area contributed by atoms with Crippen LogP contribution in [0.15, 0.2) is 0 Å². The van der Waals surface area contributed by atoms with Crippen molar-refractivity contribution in [3.8, 4) is 0 Å². The van der Waals surface area contributed by atoms with Crippen molar-refractivity contribution >= 4 is 0 Å². The Labute approximate surface area is 92.9 Å². The highest BCUT2D eigenvalue weighted by Gasteiger charge is 2.14. The van der Waals surface area contributed by atoms with Gasteiger partial charge in [-0.25, -0.2) is 0 Å². The Kier molecular flexibility index (Phi) is 6.92. The fourth-order valence-electron chi connectivity index (χ4n) is 1.78. The van der Waals surface area contributed by atoms with Gasteiger partial charge in [0.25, 0.3) is 0 Å². The van der Waals surface area contributed by atoms with Crippen LogP contribution in [0, 0.1) is 0 Å². The van der Waals surface area contributed by atoms with Gasteiger partial charge in [0.05, 0.1) is 19.3 Å². The van der Waals surface area contributed by atoms with E-state index in [9.17, 15) is 0 Å². The zero-order chi connectivity index (χ0) is 10.9. The second-order valence-corrected chi connectivity index (χ2v) is 3.91. The van der Waals surface area contributed by atoms with Gasteiger partial charge in [-0.05, 0) is 13.0 Å². The number of likely N-dealkylation sites (N-methyl/N-ethyl adjacent to an activating group) is 1. The summed E-state index contributed by atoms with van der Waals surface area (Å²) in [6.07, 6.45) is 1.51. The minimum Gasteiger partial charge on any atom is -0.383 e. The molecule has 1 N–H and O–H groups in total. The highest BCUT2D eigenvalue weighted by molar-refractivity contribution is 4.69. The summed E-state index contributed by atoms with van der Waals surface area (Å²) in [4.78, 5) is 2.40. The quantitative estimate of drug-likeness (QED) is 0.665. The molecule has 1 aliphatic rings. The summed E-state index contributed by atoms with van der Waals surface area (Å²) in [5.74, 6) is 0. The van der Waals surface area contributed by atoms with Crippen LogP contribution in [0.25, 0.3) is 0 Å². The minimum absolute atomic E-state index is 0.398. The fraction of sp³-hybridized carbons (Fsp3) is 1.00. The van der Waals surface area contributed by atoms with E-state index in [-0.39, 0.29) is 0 Å². The molecule has 1 aliphatic heterocycles. The fourth-order valence-corrected chi connectivity index (χ4v) is 1.78. The molecule has 0 spiro atoms. The molecule has 4 nitrogen and oxygen atoms in total. The van der Waals surface area contributed by atoms with Crippen molar-refractivity contribution in [2.45, 2.75) is 19.4 Å². The third-order valence-electron chi connectivity index (χ3n) is 2.83. The van der Waals surface area contributed by atoms with Gasteiger partial charge in [-0.1, -0.05) is 6.92 Å². The molecule has 1 heterocycles. The van der Waals surface area contributed by atoms with Gasteiger partial charge in [-0.2, -0.15) is 0 Å².